The van der Waals surface area contributed by atoms with Crippen molar-refractivity contribution in [1.29, 1.82) is 0 Å². The van der Waals surface area contributed by atoms with Crippen molar-refractivity contribution in [2.24, 2.45) is 0 Å². The van der Waals surface area contributed by atoms with E-state index in [1.165, 1.54) is 0 Å². The first-order valence-electron chi connectivity index (χ1n) is 5.78. The summed E-state index contributed by atoms with van der Waals surface area (Å²) in [6, 6.07) is -1.60. The predicted octanol–water partition coefficient (Wildman–Crippen LogP) is 0.166. The molecule has 1 aliphatic carbocycles. The van der Waals surface area contributed by atoms with E-state index < -0.39 is 39.7 Å². The molecule has 18 heavy (non-hydrogen) atoms. The molecule has 0 aromatic rings. The highest BCUT2D eigenvalue weighted by atomic mass is 32.2. The molecule has 0 spiro atoms. The molecule has 0 aliphatic heterocycles. The van der Waals surface area contributed by atoms with Crippen LogP contribution < -0.4 is 4.72 Å². The van der Waals surface area contributed by atoms with Crippen molar-refractivity contribution < 1.29 is 28.2 Å². The van der Waals surface area contributed by atoms with E-state index in [0.717, 1.165) is 19.3 Å². The van der Waals surface area contributed by atoms with Crippen LogP contribution in [0.1, 0.15) is 38.5 Å². The molecule has 1 saturated carbocycles. The van der Waals surface area contributed by atoms with Crippen LogP contribution in [0.3, 0.4) is 0 Å². The van der Waals surface area contributed by atoms with Gasteiger partial charge < -0.3 is 10.2 Å². The van der Waals surface area contributed by atoms with E-state index in [1.54, 1.807) is 0 Å². The third-order valence-electron chi connectivity index (χ3n) is 2.97. The van der Waals surface area contributed by atoms with E-state index in [4.69, 9.17) is 10.2 Å². The molecule has 0 saturated heterocycles. The fourth-order valence-electron chi connectivity index (χ4n) is 2.02. The van der Waals surface area contributed by atoms with Crippen molar-refractivity contribution in [3.8, 4) is 0 Å². The van der Waals surface area contributed by atoms with E-state index in [0.29, 0.717) is 12.8 Å². The van der Waals surface area contributed by atoms with Crippen LogP contribution >= 0.6 is 0 Å². The van der Waals surface area contributed by atoms with Crippen molar-refractivity contribution >= 4 is 22.0 Å². The van der Waals surface area contributed by atoms with Crippen LogP contribution in [0.2, 0.25) is 0 Å². The van der Waals surface area contributed by atoms with Gasteiger partial charge in [0.2, 0.25) is 10.0 Å². The smallest absolute Gasteiger partial charge is 0.322 e. The molecule has 3 N–H and O–H groups in total. The third-order valence-corrected chi connectivity index (χ3v) is 4.94. The van der Waals surface area contributed by atoms with Crippen molar-refractivity contribution in [1.82, 2.24) is 4.72 Å². The van der Waals surface area contributed by atoms with Gasteiger partial charge in [-0.3, -0.25) is 9.59 Å². The lowest BCUT2D eigenvalue weighted by Crippen LogP contribution is -2.46. The van der Waals surface area contributed by atoms with Crippen LogP contribution in [0.5, 0.6) is 0 Å². The first-order chi connectivity index (χ1) is 8.33. The summed E-state index contributed by atoms with van der Waals surface area (Å²) in [4.78, 5) is 21.3. The van der Waals surface area contributed by atoms with Gasteiger partial charge in [0, 0.05) is 0 Å². The molecule has 104 valence electrons. The molecule has 0 bridgehead atoms. The second-order valence-electron chi connectivity index (χ2n) is 4.41. The van der Waals surface area contributed by atoms with E-state index in [2.05, 4.69) is 0 Å². The molecule has 1 aliphatic rings. The van der Waals surface area contributed by atoms with Gasteiger partial charge in [0.1, 0.15) is 6.04 Å². The van der Waals surface area contributed by atoms with Crippen LogP contribution in [-0.4, -0.2) is 41.9 Å². The molecule has 0 aromatic carbocycles. The maximum Gasteiger partial charge on any atom is 0.322 e. The Morgan fingerprint density at radius 2 is 1.72 bits per heavy atom. The van der Waals surface area contributed by atoms with E-state index >= 15 is 0 Å². The van der Waals surface area contributed by atoms with Gasteiger partial charge >= 0.3 is 11.9 Å². The predicted molar refractivity (Wildman–Crippen MR) is 62.6 cm³/mol. The Kier molecular flexibility index (Phi) is 5.09. The summed E-state index contributed by atoms with van der Waals surface area (Å²) in [7, 11) is -3.77. The molecule has 1 fully saturated rings. The standard InChI is InChI=1S/C10H17NO6S/c12-9(13)6-8(10(14)15)11-18(16,17)7-4-2-1-3-5-7/h7-8,11H,1-6H2,(H,12,13)(H,14,15)/t8-/m0/s1. The minimum atomic E-state index is -3.77. The van der Waals surface area contributed by atoms with Crippen LogP contribution in [0, 0.1) is 0 Å². The zero-order valence-electron chi connectivity index (χ0n) is 9.83. The monoisotopic (exact) mass is 279 g/mol. The minimum absolute atomic E-state index is 0.495. The summed E-state index contributed by atoms with van der Waals surface area (Å²) in [6.07, 6.45) is 2.79. The molecule has 0 aromatic heterocycles. The molecule has 0 unspecified atom stereocenters. The maximum atomic E-state index is 11.9. The zero-order chi connectivity index (χ0) is 13.8. The molecule has 7 nitrogen and oxygen atoms in total. The van der Waals surface area contributed by atoms with Crippen molar-refractivity contribution in [2.45, 2.75) is 49.8 Å². The molecule has 0 amide bonds. The molecule has 8 heteroatoms. The number of carbonyl (C=O) groups is 2. The fourth-order valence-corrected chi connectivity index (χ4v) is 3.75. The average molecular weight is 279 g/mol. The lowest BCUT2D eigenvalue weighted by atomic mass is 10.0. The number of carboxylic acids is 2. The average Bonchev–Trinajstić information content (AvgIpc) is 2.28. The molecular weight excluding hydrogens is 262 g/mol. The molecular formula is C10H17NO6S. The summed E-state index contributed by atoms with van der Waals surface area (Å²) >= 11 is 0. The zero-order valence-corrected chi connectivity index (χ0v) is 10.6. The van der Waals surface area contributed by atoms with Crippen molar-refractivity contribution in [2.75, 3.05) is 0 Å². The van der Waals surface area contributed by atoms with Crippen LogP contribution in [0.15, 0.2) is 0 Å². The third kappa shape index (κ3) is 4.26. The van der Waals surface area contributed by atoms with E-state index in [9.17, 15) is 18.0 Å². The van der Waals surface area contributed by atoms with Gasteiger partial charge in [-0.1, -0.05) is 19.3 Å². The number of rotatable bonds is 6. The Morgan fingerprint density at radius 3 is 2.17 bits per heavy atom. The highest BCUT2D eigenvalue weighted by Gasteiger charge is 2.32. The summed E-state index contributed by atoms with van der Waals surface area (Å²) in [5.41, 5.74) is 0. The van der Waals surface area contributed by atoms with Crippen LogP contribution in [0.25, 0.3) is 0 Å². The normalized spacial score (nSPS) is 19.3. The lowest BCUT2D eigenvalue weighted by Gasteiger charge is -2.23. The number of nitrogens with one attached hydrogen (secondary N) is 1. The van der Waals surface area contributed by atoms with E-state index in [-0.39, 0.29) is 0 Å². The Labute approximate surface area is 105 Å². The second kappa shape index (κ2) is 6.14. The molecule has 0 radical (unpaired) electrons. The topological polar surface area (TPSA) is 121 Å². The van der Waals surface area contributed by atoms with Gasteiger partial charge in [0.25, 0.3) is 0 Å². The van der Waals surface area contributed by atoms with Gasteiger partial charge in [-0.05, 0) is 12.8 Å². The van der Waals surface area contributed by atoms with Gasteiger partial charge in [-0.2, -0.15) is 0 Å². The van der Waals surface area contributed by atoms with Crippen molar-refractivity contribution in [3.05, 3.63) is 0 Å². The summed E-state index contributed by atoms with van der Waals surface area (Å²) < 4.78 is 25.8. The number of hydrogen-bond acceptors (Lipinski definition) is 4. The highest BCUT2D eigenvalue weighted by Crippen LogP contribution is 2.23. The summed E-state index contributed by atoms with van der Waals surface area (Å²) in [6.45, 7) is 0. The van der Waals surface area contributed by atoms with Crippen LogP contribution in [0.4, 0.5) is 0 Å². The maximum absolute atomic E-state index is 11.9. The Hall–Kier alpha value is -1.15. The highest BCUT2D eigenvalue weighted by molar-refractivity contribution is 7.90. The second-order valence-corrected chi connectivity index (χ2v) is 6.40. The quantitative estimate of drug-likeness (QED) is 0.637. The SMILES string of the molecule is O=C(O)C[C@H](NS(=O)(=O)C1CCCCC1)C(=O)O. The van der Waals surface area contributed by atoms with Crippen LogP contribution in [-0.2, 0) is 19.6 Å². The minimum Gasteiger partial charge on any atom is -0.481 e. The van der Waals surface area contributed by atoms with Gasteiger partial charge in [-0.15, -0.1) is 0 Å². The number of aliphatic carboxylic acids is 2. The molecule has 0 heterocycles. The van der Waals surface area contributed by atoms with Gasteiger partial charge in [0.15, 0.2) is 0 Å². The van der Waals surface area contributed by atoms with E-state index in [1.807, 2.05) is 4.72 Å². The fraction of sp³-hybridized carbons (Fsp3) is 0.800. The number of hydrogen-bond donors (Lipinski definition) is 3. The largest absolute Gasteiger partial charge is 0.481 e. The molecule has 1 atom stereocenters. The summed E-state index contributed by atoms with van der Waals surface area (Å²) in [5.74, 6) is -2.83. The summed E-state index contributed by atoms with van der Waals surface area (Å²) in [5, 5.41) is 16.7. The first-order valence-corrected chi connectivity index (χ1v) is 7.33. The van der Waals surface area contributed by atoms with Gasteiger partial charge in [-0.25, -0.2) is 13.1 Å². The lowest BCUT2D eigenvalue weighted by molar-refractivity contribution is -0.145. The first kappa shape index (κ1) is 14.9. The number of sulfonamides is 1. The Morgan fingerprint density at radius 1 is 1.17 bits per heavy atom. The Balaban J connectivity index is 2.71. The van der Waals surface area contributed by atoms with Crippen molar-refractivity contribution in [3.63, 3.8) is 0 Å². The molecule has 1 rings (SSSR count). The van der Waals surface area contributed by atoms with Gasteiger partial charge in [0.05, 0.1) is 11.7 Å². The Bertz CT molecular complexity index is 412. The number of carboxylic acid groups (broad SMARTS) is 2.